The Morgan fingerprint density at radius 2 is 0.604 bits per heavy atom. The third-order valence-corrected chi connectivity index (χ3v) is 9.17. The minimum Gasteiger partial charge on any atom is -0.489 e. The average Bonchev–Trinajstić information content (AvgIpc) is 3.13. The van der Waals surface area contributed by atoms with Crippen molar-refractivity contribution in [1.29, 1.82) is 0 Å². The van der Waals surface area contributed by atoms with Gasteiger partial charge in [-0.15, -0.1) is 69.6 Å². The zero-order valence-corrected chi connectivity index (χ0v) is 30.8. The summed E-state index contributed by atoms with van der Waals surface area (Å²) in [5, 5.41) is 0. The van der Waals surface area contributed by atoms with Gasteiger partial charge in [0.25, 0.3) is 0 Å². The molecule has 4 aromatic carbocycles. The molecule has 48 heavy (non-hydrogen) atoms. The molecule has 0 aliphatic rings. The molecule has 0 saturated heterocycles. The van der Waals surface area contributed by atoms with Crippen LogP contribution in [0, 0.1) is 0 Å². The van der Waals surface area contributed by atoms with Gasteiger partial charge in [-0.25, -0.2) is 0 Å². The van der Waals surface area contributed by atoms with Gasteiger partial charge in [-0.3, -0.25) is 0 Å². The number of allylic oxidation sites excluding steroid dienone is 3. The lowest BCUT2D eigenvalue weighted by Crippen LogP contribution is -2.04. The van der Waals surface area contributed by atoms with Gasteiger partial charge in [0.2, 0.25) is 0 Å². The first-order valence-corrected chi connectivity index (χ1v) is 18.4. The molecule has 0 heterocycles. The third-order valence-electron chi connectivity index (χ3n) is 7.11. The Kier molecular flexibility index (Phi) is 16.4. The van der Waals surface area contributed by atoms with Gasteiger partial charge in [0.1, 0.15) is 37.1 Å². The fraction of sp³-hybridized carbons (Fsp3) is 0.231. The van der Waals surface area contributed by atoms with Crippen molar-refractivity contribution in [2.45, 2.75) is 19.8 Å². The summed E-state index contributed by atoms with van der Waals surface area (Å²) in [7, 11) is 0. The fourth-order valence-corrected chi connectivity index (χ4v) is 5.94. The van der Waals surface area contributed by atoms with Crippen LogP contribution in [0.4, 0.5) is 0 Å². The summed E-state index contributed by atoms with van der Waals surface area (Å²) in [5.74, 6) is 4.64. The summed E-state index contributed by atoms with van der Waals surface area (Å²) in [6, 6.07) is 29.8. The van der Waals surface area contributed by atoms with Crippen LogP contribution < -0.4 is 14.2 Å². The van der Waals surface area contributed by atoms with Crippen LogP contribution in [0.3, 0.4) is 0 Å². The zero-order chi connectivity index (χ0) is 34.1. The SMILES string of the molecule is ClCC(=Cc1ccc(OCc2cc(COc3ccc(C=C(CCl)CCl)cc3)cc(COc3ccc(C=C(CCl)CCl)cc3)c2)cc1)CCl. The maximum Gasteiger partial charge on any atom is 0.119 e. The summed E-state index contributed by atoms with van der Waals surface area (Å²) in [5.41, 5.74) is 8.91. The summed E-state index contributed by atoms with van der Waals surface area (Å²) in [4.78, 5) is 0. The third kappa shape index (κ3) is 12.6. The maximum absolute atomic E-state index is 6.16. The highest BCUT2D eigenvalue weighted by Crippen LogP contribution is 2.23. The number of benzene rings is 4. The molecule has 0 unspecified atom stereocenters. The molecule has 3 nitrogen and oxygen atoms in total. The average molecular weight is 765 g/mol. The van der Waals surface area contributed by atoms with E-state index in [-0.39, 0.29) is 0 Å². The van der Waals surface area contributed by atoms with Crippen LogP contribution in [0.1, 0.15) is 33.4 Å². The number of hydrogen-bond acceptors (Lipinski definition) is 3. The number of alkyl halides is 6. The Labute approximate surface area is 313 Å². The van der Waals surface area contributed by atoms with E-state index in [9.17, 15) is 0 Å². The highest BCUT2D eigenvalue weighted by Gasteiger charge is 2.07. The Morgan fingerprint density at radius 3 is 0.812 bits per heavy atom. The summed E-state index contributed by atoms with van der Waals surface area (Å²) in [6.45, 7) is 1.12. The van der Waals surface area contributed by atoms with E-state index in [1.54, 1.807) is 0 Å². The van der Waals surface area contributed by atoms with Gasteiger partial charge in [0.05, 0.1) is 0 Å². The van der Waals surface area contributed by atoms with Crippen LogP contribution in [0.2, 0.25) is 0 Å². The van der Waals surface area contributed by atoms with Crippen molar-refractivity contribution in [2.24, 2.45) is 0 Å². The molecule has 9 heteroatoms. The van der Waals surface area contributed by atoms with Crippen LogP contribution in [-0.4, -0.2) is 35.3 Å². The van der Waals surface area contributed by atoms with Crippen molar-refractivity contribution in [3.05, 3.63) is 141 Å². The van der Waals surface area contributed by atoms with Crippen molar-refractivity contribution in [3.63, 3.8) is 0 Å². The number of rotatable bonds is 18. The molecule has 0 amide bonds. The molecule has 0 N–H and O–H groups in total. The molecule has 0 spiro atoms. The summed E-state index contributed by atoms with van der Waals surface area (Å²) in [6.07, 6.45) is 5.96. The van der Waals surface area contributed by atoms with Crippen LogP contribution in [0.15, 0.2) is 108 Å². The van der Waals surface area contributed by atoms with E-state index in [4.69, 9.17) is 83.8 Å². The van der Waals surface area contributed by atoms with Gasteiger partial charge in [0.15, 0.2) is 0 Å². The van der Waals surface area contributed by atoms with Crippen molar-refractivity contribution in [2.75, 3.05) is 35.3 Å². The van der Waals surface area contributed by atoms with E-state index in [1.807, 2.05) is 91.0 Å². The lowest BCUT2D eigenvalue weighted by Gasteiger charge is -2.14. The normalized spacial score (nSPS) is 10.6. The summed E-state index contributed by atoms with van der Waals surface area (Å²) < 4.78 is 18.5. The van der Waals surface area contributed by atoms with E-state index in [2.05, 4.69) is 18.2 Å². The second-order valence-electron chi connectivity index (χ2n) is 10.9. The van der Waals surface area contributed by atoms with Crippen LogP contribution in [0.5, 0.6) is 17.2 Å². The second-order valence-corrected chi connectivity index (χ2v) is 12.5. The van der Waals surface area contributed by atoms with Crippen molar-refractivity contribution in [1.82, 2.24) is 0 Å². The molecule has 0 bridgehead atoms. The molecular weight excluding hydrogens is 729 g/mol. The van der Waals surface area contributed by atoms with Gasteiger partial charge in [0, 0.05) is 35.3 Å². The molecule has 252 valence electrons. The molecule has 0 aliphatic heterocycles. The van der Waals surface area contributed by atoms with Crippen LogP contribution in [0.25, 0.3) is 18.2 Å². The highest BCUT2D eigenvalue weighted by molar-refractivity contribution is 6.24. The topological polar surface area (TPSA) is 27.7 Å². The molecule has 4 rings (SSSR count). The van der Waals surface area contributed by atoms with E-state index < -0.39 is 0 Å². The van der Waals surface area contributed by atoms with Gasteiger partial charge >= 0.3 is 0 Å². The Bertz CT molecular complexity index is 1440. The Balaban J connectivity index is 1.47. The first-order valence-electron chi connectivity index (χ1n) is 15.2. The fourth-order valence-electron chi connectivity index (χ4n) is 4.62. The van der Waals surface area contributed by atoms with Gasteiger partial charge in [-0.05, 0) is 105 Å². The monoisotopic (exact) mass is 762 g/mol. The quantitative estimate of drug-likeness (QED) is 0.0945. The Morgan fingerprint density at radius 1 is 0.375 bits per heavy atom. The predicted octanol–water partition coefficient (Wildman–Crippen LogP) is 12.0. The van der Waals surface area contributed by atoms with Gasteiger partial charge < -0.3 is 14.2 Å². The van der Waals surface area contributed by atoms with Crippen molar-refractivity contribution < 1.29 is 14.2 Å². The first-order chi connectivity index (χ1) is 23.4. The Hall–Kier alpha value is -2.76. The number of hydrogen-bond donors (Lipinski definition) is 0. The van der Waals surface area contributed by atoms with E-state index in [0.717, 1.165) is 67.3 Å². The lowest BCUT2D eigenvalue weighted by molar-refractivity contribution is 0.293. The van der Waals surface area contributed by atoms with E-state index >= 15 is 0 Å². The lowest BCUT2D eigenvalue weighted by atomic mass is 10.1. The van der Waals surface area contributed by atoms with E-state index in [1.165, 1.54) is 0 Å². The van der Waals surface area contributed by atoms with Crippen LogP contribution in [-0.2, 0) is 19.8 Å². The van der Waals surface area contributed by atoms with Crippen LogP contribution >= 0.6 is 69.6 Å². The molecule has 0 fully saturated rings. The molecule has 4 aromatic rings. The molecule has 0 aromatic heterocycles. The largest absolute Gasteiger partial charge is 0.489 e. The first kappa shape index (κ1) is 38.0. The molecule has 0 radical (unpaired) electrons. The maximum atomic E-state index is 6.16. The minimum atomic E-state index is 0.375. The number of halogens is 6. The molecule has 0 saturated carbocycles. The molecule has 0 aliphatic carbocycles. The zero-order valence-electron chi connectivity index (χ0n) is 26.2. The van der Waals surface area contributed by atoms with Crippen molar-refractivity contribution >= 4 is 87.8 Å². The number of ether oxygens (including phenoxy) is 3. The minimum absolute atomic E-state index is 0.375. The standard InChI is InChI=1S/C39H36Cl6O3/c40-19-34(20-41)13-28-1-7-37(8-2-28)46-25-31-16-32(26-47-38-9-3-29(4-10-38)14-35(21-42)22-43)18-33(17-31)27-48-39-11-5-30(6-12-39)15-36(23-44)24-45/h1-18H,19-27H2. The smallest absolute Gasteiger partial charge is 0.119 e. The molecular formula is C39H36Cl6O3. The van der Waals surface area contributed by atoms with E-state index in [0.29, 0.717) is 55.1 Å². The van der Waals surface area contributed by atoms with Crippen molar-refractivity contribution in [3.8, 4) is 17.2 Å². The molecule has 0 atom stereocenters. The summed E-state index contributed by atoms with van der Waals surface area (Å²) >= 11 is 35.7. The van der Waals surface area contributed by atoms with Gasteiger partial charge in [-0.2, -0.15) is 0 Å². The highest BCUT2D eigenvalue weighted by atomic mass is 35.5. The second kappa shape index (κ2) is 20.7. The predicted molar refractivity (Wildman–Crippen MR) is 207 cm³/mol. The van der Waals surface area contributed by atoms with Gasteiger partial charge in [-0.1, -0.05) is 54.6 Å².